The summed E-state index contributed by atoms with van der Waals surface area (Å²) < 4.78 is 7.11. The van der Waals surface area contributed by atoms with Gasteiger partial charge in [-0.25, -0.2) is 9.79 Å². The van der Waals surface area contributed by atoms with Crippen molar-refractivity contribution in [2.24, 2.45) is 21.6 Å². The summed E-state index contributed by atoms with van der Waals surface area (Å²) in [7, 11) is 0. The van der Waals surface area contributed by atoms with Crippen LogP contribution in [0, 0.1) is 6.92 Å². The number of hydrogen-bond donors (Lipinski definition) is 3. The van der Waals surface area contributed by atoms with Crippen molar-refractivity contribution < 1.29 is 14.2 Å². The molecule has 2 heterocycles. The lowest BCUT2D eigenvalue weighted by Crippen LogP contribution is -2.36. The number of hydrazone groups is 1. The molecule has 2 aliphatic rings. The van der Waals surface area contributed by atoms with Crippen molar-refractivity contribution in [2.75, 3.05) is 36.5 Å². The smallest absolute Gasteiger partial charge is 0.321 e. The SMILES string of the molecule is Cc1ccc(C[N+]2=C(N)C(=Nc3ccc(N4CCOCC4)cc3NC(N)=O)C=N2)cc1. The highest BCUT2D eigenvalue weighted by Crippen LogP contribution is 2.31. The lowest BCUT2D eigenvalue weighted by molar-refractivity contribution is -0.546. The van der Waals surface area contributed by atoms with E-state index in [1.165, 1.54) is 5.56 Å². The zero-order chi connectivity index (χ0) is 21.8. The van der Waals surface area contributed by atoms with E-state index >= 15 is 0 Å². The molecule has 2 aliphatic heterocycles. The van der Waals surface area contributed by atoms with Crippen molar-refractivity contribution in [2.45, 2.75) is 13.5 Å². The fourth-order valence-corrected chi connectivity index (χ4v) is 3.47. The molecule has 0 unspecified atom stereocenters. The Labute approximate surface area is 180 Å². The van der Waals surface area contributed by atoms with E-state index in [1.807, 2.05) is 37.3 Å². The second kappa shape index (κ2) is 8.97. The van der Waals surface area contributed by atoms with E-state index in [4.69, 9.17) is 16.2 Å². The molecule has 5 N–H and O–H groups in total. The molecule has 0 saturated carbocycles. The molecule has 0 spiro atoms. The van der Waals surface area contributed by atoms with Crippen LogP contribution in [-0.2, 0) is 11.3 Å². The third-order valence-corrected chi connectivity index (χ3v) is 5.17. The van der Waals surface area contributed by atoms with E-state index in [9.17, 15) is 4.79 Å². The number of aryl methyl sites for hydroxylation is 1. The van der Waals surface area contributed by atoms with Crippen LogP contribution in [0.4, 0.5) is 21.9 Å². The maximum Gasteiger partial charge on any atom is 0.321 e. The number of aliphatic imine (C=N–C) groups is 1. The van der Waals surface area contributed by atoms with Gasteiger partial charge in [0, 0.05) is 18.8 Å². The number of amides is 2. The fourth-order valence-electron chi connectivity index (χ4n) is 3.47. The van der Waals surface area contributed by atoms with E-state index in [0.29, 0.717) is 42.7 Å². The molecule has 0 bridgehead atoms. The highest BCUT2D eigenvalue weighted by atomic mass is 16.5. The number of nitrogens with two attached hydrogens (primary N) is 2. The first-order valence-corrected chi connectivity index (χ1v) is 10.1. The Kier molecular flexibility index (Phi) is 5.94. The molecule has 0 atom stereocenters. The normalized spacial score (nSPS) is 17.5. The maximum atomic E-state index is 11.6. The van der Waals surface area contributed by atoms with Crippen molar-refractivity contribution >= 4 is 40.9 Å². The summed E-state index contributed by atoms with van der Waals surface area (Å²) in [6.07, 6.45) is 1.62. The summed E-state index contributed by atoms with van der Waals surface area (Å²) in [4.78, 5) is 18.4. The fraction of sp³-hybridized carbons (Fsp3) is 0.273. The monoisotopic (exact) mass is 420 g/mol. The Morgan fingerprint density at radius 1 is 1.23 bits per heavy atom. The minimum atomic E-state index is -0.654. The number of carbonyl (C=O) groups excluding carboxylic acids is 1. The Morgan fingerprint density at radius 2 is 1.97 bits per heavy atom. The van der Waals surface area contributed by atoms with Gasteiger partial charge < -0.3 is 20.7 Å². The van der Waals surface area contributed by atoms with Crippen LogP contribution in [0.3, 0.4) is 0 Å². The summed E-state index contributed by atoms with van der Waals surface area (Å²) in [5, 5.41) is 7.04. The predicted octanol–water partition coefficient (Wildman–Crippen LogP) is 1.96. The molecule has 160 valence electrons. The third-order valence-electron chi connectivity index (χ3n) is 5.17. The first-order chi connectivity index (χ1) is 15.0. The highest BCUT2D eigenvalue weighted by molar-refractivity contribution is 6.62. The second-order valence-corrected chi connectivity index (χ2v) is 7.46. The van der Waals surface area contributed by atoms with Gasteiger partial charge in [-0.3, -0.25) is 5.73 Å². The number of anilines is 2. The molecule has 2 aromatic carbocycles. The summed E-state index contributed by atoms with van der Waals surface area (Å²) >= 11 is 0. The molecule has 2 aromatic rings. The van der Waals surface area contributed by atoms with Gasteiger partial charge in [0.05, 0.1) is 24.6 Å². The van der Waals surface area contributed by atoms with Crippen LogP contribution in [0.15, 0.2) is 52.6 Å². The number of primary amides is 1. The Balaban J connectivity index is 1.60. The molecule has 0 radical (unpaired) electrons. The molecule has 0 aromatic heterocycles. The molecular formula is C22H26N7O2+. The topological polar surface area (TPSA) is 121 Å². The van der Waals surface area contributed by atoms with Gasteiger partial charge in [0.2, 0.25) is 0 Å². The van der Waals surface area contributed by atoms with Gasteiger partial charge in [0.15, 0.2) is 5.71 Å². The average Bonchev–Trinajstić information content (AvgIpc) is 3.10. The molecule has 2 amide bonds. The number of rotatable bonds is 5. The summed E-state index contributed by atoms with van der Waals surface area (Å²) in [6.45, 7) is 5.49. The standard InChI is InChI=1S/C22H25N7O2/c1-15-2-4-16(5-3-15)14-29-21(23)20(13-25-29)26-18-7-6-17(12-19(18)27-22(24)30)28-8-10-31-11-9-28/h2-7,12-13H,8-11,14H2,1H3,(H4,23,24,25,27,30)/p+1. The van der Waals surface area contributed by atoms with Crippen molar-refractivity contribution in [3.8, 4) is 0 Å². The van der Waals surface area contributed by atoms with E-state index in [1.54, 1.807) is 10.9 Å². The van der Waals surface area contributed by atoms with Crippen LogP contribution < -0.4 is 21.7 Å². The van der Waals surface area contributed by atoms with Gasteiger partial charge in [0.1, 0.15) is 12.8 Å². The van der Waals surface area contributed by atoms with Crippen LogP contribution in [0.2, 0.25) is 0 Å². The molecule has 1 saturated heterocycles. The van der Waals surface area contributed by atoms with Gasteiger partial charge in [-0.2, -0.15) is 0 Å². The number of amidine groups is 1. The molecule has 1 fully saturated rings. The summed E-state index contributed by atoms with van der Waals surface area (Å²) in [6, 6.07) is 13.2. The number of carbonyl (C=O) groups is 1. The lowest BCUT2D eigenvalue weighted by atomic mass is 10.1. The molecule has 0 aliphatic carbocycles. The number of nitrogens with zero attached hydrogens (tertiary/aromatic N) is 4. The number of morpholine rings is 1. The summed E-state index contributed by atoms with van der Waals surface area (Å²) in [5.41, 5.74) is 16.5. The maximum absolute atomic E-state index is 11.6. The van der Waals surface area contributed by atoms with Crippen LogP contribution in [-0.4, -0.2) is 54.8 Å². The molecule has 31 heavy (non-hydrogen) atoms. The number of ether oxygens (including phenoxy) is 1. The molecule has 9 heteroatoms. The predicted molar refractivity (Wildman–Crippen MR) is 123 cm³/mol. The van der Waals surface area contributed by atoms with E-state index in [-0.39, 0.29) is 0 Å². The van der Waals surface area contributed by atoms with Crippen molar-refractivity contribution in [3.05, 3.63) is 53.6 Å². The van der Waals surface area contributed by atoms with Gasteiger partial charge in [0.25, 0.3) is 0 Å². The van der Waals surface area contributed by atoms with Crippen molar-refractivity contribution in [1.29, 1.82) is 0 Å². The number of benzene rings is 2. The highest BCUT2D eigenvalue weighted by Gasteiger charge is 2.23. The Morgan fingerprint density at radius 3 is 2.68 bits per heavy atom. The first kappa shape index (κ1) is 20.5. The second-order valence-electron chi connectivity index (χ2n) is 7.46. The molecular weight excluding hydrogens is 394 g/mol. The number of urea groups is 1. The van der Waals surface area contributed by atoms with Crippen LogP contribution >= 0.6 is 0 Å². The summed E-state index contributed by atoms with van der Waals surface area (Å²) in [5.74, 6) is 0.447. The zero-order valence-electron chi connectivity index (χ0n) is 17.4. The minimum absolute atomic E-state index is 0.447. The molecule has 9 nitrogen and oxygen atoms in total. The largest absolute Gasteiger partial charge is 0.378 e. The lowest BCUT2D eigenvalue weighted by Gasteiger charge is -2.29. The van der Waals surface area contributed by atoms with Gasteiger partial charge in [-0.1, -0.05) is 34.9 Å². The van der Waals surface area contributed by atoms with E-state index in [0.717, 1.165) is 24.3 Å². The quantitative estimate of drug-likeness (QED) is 0.640. The first-order valence-electron chi connectivity index (χ1n) is 10.1. The third kappa shape index (κ3) is 4.89. The van der Waals surface area contributed by atoms with Gasteiger partial charge in [-0.05, 0) is 30.7 Å². The van der Waals surface area contributed by atoms with Gasteiger partial charge >= 0.3 is 11.9 Å². The van der Waals surface area contributed by atoms with Crippen LogP contribution in [0.1, 0.15) is 11.1 Å². The number of hydrogen-bond acceptors (Lipinski definition) is 6. The minimum Gasteiger partial charge on any atom is -0.378 e. The molecule has 4 rings (SSSR count). The van der Waals surface area contributed by atoms with Crippen molar-refractivity contribution in [1.82, 2.24) is 0 Å². The van der Waals surface area contributed by atoms with E-state index in [2.05, 4.69) is 32.4 Å². The van der Waals surface area contributed by atoms with Crippen LogP contribution in [0.25, 0.3) is 0 Å². The zero-order valence-corrected chi connectivity index (χ0v) is 17.4. The van der Waals surface area contributed by atoms with Crippen LogP contribution in [0.5, 0.6) is 0 Å². The van der Waals surface area contributed by atoms with Crippen molar-refractivity contribution in [3.63, 3.8) is 0 Å². The number of nitrogens with one attached hydrogen (secondary N) is 1. The Hall–Kier alpha value is -3.72. The Bertz CT molecular complexity index is 1070. The average molecular weight is 420 g/mol. The van der Waals surface area contributed by atoms with Gasteiger partial charge in [-0.15, -0.1) is 4.68 Å². The van der Waals surface area contributed by atoms with E-state index < -0.39 is 6.03 Å².